The summed E-state index contributed by atoms with van der Waals surface area (Å²) in [6, 6.07) is 9.25. The molecule has 0 aliphatic heterocycles. The molecule has 1 aromatic carbocycles. The first-order valence-corrected chi connectivity index (χ1v) is 11.7. The number of ketones is 1. The Balaban J connectivity index is 1.37. The Labute approximate surface area is 190 Å². The summed E-state index contributed by atoms with van der Waals surface area (Å²) in [6.07, 6.45) is 11.0. The topological polar surface area (TPSA) is 95.9 Å². The minimum atomic E-state index is -0.819. The number of carbonyl (C=O) groups excluding carboxylic acids is 2. The minimum absolute atomic E-state index is 0.0475. The second-order valence-electron chi connectivity index (χ2n) is 8.84. The second-order valence-corrected chi connectivity index (χ2v) is 8.84. The maximum atomic E-state index is 12.3. The number of carbonyl (C=O) groups is 2. The summed E-state index contributed by atoms with van der Waals surface area (Å²) in [5, 5.41) is 23.4. The van der Waals surface area contributed by atoms with Crippen LogP contribution in [0.1, 0.15) is 44.9 Å². The molecule has 2 aliphatic rings. The smallest absolute Gasteiger partial charge is 0.220 e. The number of allylic oxidation sites excluding steroid dienone is 2. The van der Waals surface area contributed by atoms with Gasteiger partial charge in [0, 0.05) is 31.2 Å². The van der Waals surface area contributed by atoms with E-state index in [0.717, 1.165) is 19.4 Å². The molecule has 174 valence electrons. The Morgan fingerprint density at radius 1 is 1.22 bits per heavy atom. The molecule has 0 saturated heterocycles. The van der Waals surface area contributed by atoms with Crippen molar-refractivity contribution < 1.29 is 24.5 Å². The molecule has 0 radical (unpaired) electrons. The predicted molar refractivity (Wildman–Crippen MR) is 123 cm³/mol. The third kappa shape index (κ3) is 8.24. The number of amides is 1. The molecule has 4 atom stereocenters. The SMILES string of the molecule is O=C(CCC/C=C\C[C@H]1C(=O)C[C@@H](O)[C@@H]1/C=C/[C@@H](O)COc1ccccc1)NCC1CC1. The van der Waals surface area contributed by atoms with Gasteiger partial charge in [-0.25, -0.2) is 0 Å². The number of rotatable bonds is 13. The van der Waals surface area contributed by atoms with E-state index >= 15 is 0 Å². The molecular weight excluding hydrogens is 406 g/mol. The number of benzene rings is 1. The van der Waals surface area contributed by atoms with E-state index in [9.17, 15) is 19.8 Å². The van der Waals surface area contributed by atoms with Crippen molar-refractivity contribution in [3.63, 3.8) is 0 Å². The standard InChI is InChI=1S/C26H35NO5/c28-20(18-32-21-8-4-3-5-9-21)14-15-23-22(24(29)16-25(23)30)10-6-1-2-7-11-26(31)27-17-19-12-13-19/h1,3-6,8-9,14-15,19-20,22-23,25,28,30H,2,7,10-13,16-18H2,(H,27,31)/b6-1-,15-14+/t20-,22-,23-,25-/m1/s1. The first-order valence-electron chi connectivity index (χ1n) is 11.7. The van der Waals surface area contributed by atoms with Crippen LogP contribution < -0.4 is 10.1 Å². The number of hydrogen-bond donors (Lipinski definition) is 3. The maximum absolute atomic E-state index is 12.3. The Kier molecular flexibility index (Phi) is 9.50. The van der Waals surface area contributed by atoms with Crippen molar-refractivity contribution in [1.82, 2.24) is 5.32 Å². The number of Topliss-reactive ketones (excluding diaryl/α,β-unsaturated/α-hetero) is 1. The molecule has 0 bridgehead atoms. The second kappa shape index (κ2) is 12.6. The number of para-hydroxylation sites is 1. The first-order chi connectivity index (χ1) is 15.5. The van der Waals surface area contributed by atoms with Crippen molar-refractivity contribution in [2.24, 2.45) is 17.8 Å². The molecule has 6 nitrogen and oxygen atoms in total. The Morgan fingerprint density at radius 2 is 2.00 bits per heavy atom. The molecule has 2 fully saturated rings. The molecular formula is C26H35NO5. The highest BCUT2D eigenvalue weighted by atomic mass is 16.5. The highest BCUT2D eigenvalue weighted by Crippen LogP contribution is 2.33. The van der Waals surface area contributed by atoms with Crippen LogP contribution in [0.4, 0.5) is 0 Å². The van der Waals surface area contributed by atoms with Gasteiger partial charge in [0.2, 0.25) is 5.91 Å². The highest BCUT2D eigenvalue weighted by molar-refractivity contribution is 5.84. The lowest BCUT2D eigenvalue weighted by Crippen LogP contribution is -2.24. The van der Waals surface area contributed by atoms with Crippen LogP contribution in [0.5, 0.6) is 5.75 Å². The average Bonchev–Trinajstić information content (AvgIpc) is 3.58. The summed E-state index contributed by atoms with van der Waals surface area (Å²) >= 11 is 0. The third-order valence-electron chi connectivity index (χ3n) is 6.07. The summed E-state index contributed by atoms with van der Waals surface area (Å²) < 4.78 is 5.54. The van der Waals surface area contributed by atoms with Crippen LogP contribution in [0.15, 0.2) is 54.6 Å². The average molecular weight is 442 g/mol. The van der Waals surface area contributed by atoms with E-state index in [-0.39, 0.29) is 36.6 Å². The normalized spacial score (nSPS) is 24.3. The monoisotopic (exact) mass is 441 g/mol. The molecule has 1 amide bonds. The number of nitrogens with one attached hydrogen (secondary N) is 1. The van der Waals surface area contributed by atoms with Crippen molar-refractivity contribution in [3.8, 4) is 5.75 Å². The molecule has 0 heterocycles. The highest BCUT2D eigenvalue weighted by Gasteiger charge is 2.39. The van der Waals surface area contributed by atoms with Gasteiger partial charge in [-0.3, -0.25) is 9.59 Å². The molecule has 2 aliphatic carbocycles. The largest absolute Gasteiger partial charge is 0.491 e. The number of unbranched alkanes of at least 4 members (excludes halogenated alkanes) is 1. The van der Waals surface area contributed by atoms with Crippen LogP contribution in [0.25, 0.3) is 0 Å². The van der Waals surface area contributed by atoms with Gasteiger partial charge in [-0.2, -0.15) is 0 Å². The zero-order valence-electron chi connectivity index (χ0n) is 18.6. The van der Waals surface area contributed by atoms with Gasteiger partial charge < -0.3 is 20.3 Å². The summed E-state index contributed by atoms with van der Waals surface area (Å²) in [5.41, 5.74) is 0. The van der Waals surface area contributed by atoms with Crippen molar-refractivity contribution in [2.45, 2.75) is 57.2 Å². The molecule has 0 aromatic heterocycles. The Hall–Kier alpha value is -2.44. The van der Waals surface area contributed by atoms with Gasteiger partial charge in [-0.05, 0) is 50.2 Å². The molecule has 0 spiro atoms. The van der Waals surface area contributed by atoms with Gasteiger partial charge in [-0.1, -0.05) is 42.5 Å². The third-order valence-corrected chi connectivity index (χ3v) is 6.07. The molecule has 6 heteroatoms. The van der Waals surface area contributed by atoms with E-state index in [1.165, 1.54) is 12.8 Å². The van der Waals surface area contributed by atoms with Gasteiger partial charge in [0.05, 0.1) is 6.10 Å². The Bertz CT molecular complexity index is 787. The summed E-state index contributed by atoms with van der Waals surface area (Å²) in [5.74, 6) is 0.927. The van der Waals surface area contributed by atoms with Crippen LogP contribution in [-0.2, 0) is 9.59 Å². The van der Waals surface area contributed by atoms with E-state index in [4.69, 9.17) is 4.74 Å². The molecule has 3 N–H and O–H groups in total. The molecule has 32 heavy (non-hydrogen) atoms. The quantitative estimate of drug-likeness (QED) is 0.323. The minimum Gasteiger partial charge on any atom is -0.491 e. The zero-order chi connectivity index (χ0) is 22.8. The fourth-order valence-electron chi connectivity index (χ4n) is 3.95. The maximum Gasteiger partial charge on any atom is 0.220 e. The lowest BCUT2D eigenvalue weighted by atomic mass is 9.90. The number of hydrogen-bond acceptors (Lipinski definition) is 5. The molecule has 2 saturated carbocycles. The van der Waals surface area contributed by atoms with Crippen LogP contribution >= 0.6 is 0 Å². The van der Waals surface area contributed by atoms with Gasteiger partial charge in [0.1, 0.15) is 24.2 Å². The van der Waals surface area contributed by atoms with Crippen LogP contribution in [0.3, 0.4) is 0 Å². The first kappa shape index (κ1) is 24.2. The fraction of sp³-hybridized carbons (Fsp3) is 0.538. The van der Waals surface area contributed by atoms with Crippen molar-refractivity contribution >= 4 is 11.7 Å². The number of aliphatic hydroxyl groups is 2. The number of ether oxygens (including phenoxy) is 1. The lowest BCUT2D eigenvalue weighted by Gasteiger charge is -2.17. The van der Waals surface area contributed by atoms with Crippen molar-refractivity contribution in [3.05, 3.63) is 54.6 Å². The zero-order valence-corrected chi connectivity index (χ0v) is 18.6. The Morgan fingerprint density at radius 3 is 2.75 bits per heavy atom. The van der Waals surface area contributed by atoms with Crippen LogP contribution in [0, 0.1) is 17.8 Å². The van der Waals surface area contributed by atoms with E-state index in [0.29, 0.717) is 24.5 Å². The van der Waals surface area contributed by atoms with Gasteiger partial charge in [0.15, 0.2) is 0 Å². The summed E-state index contributed by atoms with van der Waals surface area (Å²) in [6.45, 7) is 0.916. The number of aliphatic hydroxyl groups excluding tert-OH is 2. The van der Waals surface area contributed by atoms with Crippen molar-refractivity contribution in [2.75, 3.05) is 13.2 Å². The van der Waals surface area contributed by atoms with Gasteiger partial charge in [0.25, 0.3) is 0 Å². The fourth-order valence-corrected chi connectivity index (χ4v) is 3.95. The molecule has 3 rings (SSSR count). The summed E-state index contributed by atoms with van der Waals surface area (Å²) in [4.78, 5) is 24.1. The van der Waals surface area contributed by atoms with Crippen LogP contribution in [0.2, 0.25) is 0 Å². The predicted octanol–water partition coefficient (Wildman–Crippen LogP) is 3.19. The van der Waals surface area contributed by atoms with E-state index in [1.54, 1.807) is 12.2 Å². The lowest BCUT2D eigenvalue weighted by molar-refractivity contribution is -0.121. The van der Waals surface area contributed by atoms with Gasteiger partial charge >= 0.3 is 0 Å². The van der Waals surface area contributed by atoms with E-state index in [2.05, 4.69) is 5.32 Å². The van der Waals surface area contributed by atoms with Crippen molar-refractivity contribution in [1.29, 1.82) is 0 Å². The van der Waals surface area contributed by atoms with Gasteiger partial charge in [-0.15, -0.1) is 0 Å². The summed E-state index contributed by atoms with van der Waals surface area (Å²) in [7, 11) is 0. The van der Waals surface area contributed by atoms with E-state index in [1.807, 2.05) is 42.5 Å². The van der Waals surface area contributed by atoms with Crippen LogP contribution in [-0.4, -0.2) is 47.3 Å². The molecule has 1 aromatic rings. The van der Waals surface area contributed by atoms with E-state index < -0.39 is 12.2 Å². The molecule has 0 unspecified atom stereocenters.